The summed E-state index contributed by atoms with van der Waals surface area (Å²) >= 11 is 6.01. The quantitative estimate of drug-likeness (QED) is 0.851. The number of nitrogens with zero attached hydrogens (tertiary/aromatic N) is 2. The fraction of sp³-hybridized carbons (Fsp3) is 0.533. The van der Waals surface area contributed by atoms with Crippen molar-refractivity contribution in [3.05, 3.63) is 28.8 Å². The molecule has 6 heteroatoms. The van der Waals surface area contributed by atoms with Gasteiger partial charge in [0.15, 0.2) is 0 Å². The Morgan fingerprint density at radius 1 is 1.33 bits per heavy atom. The summed E-state index contributed by atoms with van der Waals surface area (Å²) in [6.45, 7) is 0.509. The first kappa shape index (κ1) is 16.3. The van der Waals surface area contributed by atoms with Gasteiger partial charge < -0.3 is 0 Å². The zero-order valence-electron chi connectivity index (χ0n) is 12.0. The zero-order valence-corrected chi connectivity index (χ0v) is 13.6. The third-order valence-electron chi connectivity index (χ3n) is 3.99. The molecule has 114 valence electrons. The van der Waals surface area contributed by atoms with E-state index in [-0.39, 0.29) is 9.92 Å². The van der Waals surface area contributed by atoms with E-state index >= 15 is 0 Å². The molecule has 0 unspecified atom stereocenters. The molecule has 1 aliphatic rings. The van der Waals surface area contributed by atoms with Crippen LogP contribution in [0, 0.1) is 17.2 Å². The Balaban J connectivity index is 2.22. The van der Waals surface area contributed by atoms with E-state index in [4.69, 9.17) is 16.9 Å². The third kappa shape index (κ3) is 3.76. The average Bonchev–Trinajstić information content (AvgIpc) is 2.48. The number of sulfonamides is 1. The van der Waals surface area contributed by atoms with Crippen molar-refractivity contribution in [1.82, 2.24) is 4.31 Å². The van der Waals surface area contributed by atoms with Crippen molar-refractivity contribution in [3.63, 3.8) is 0 Å². The molecule has 1 saturated carbocycles. The summed E-state index contributed by atoms with van der Waals surface area (Å²) in [6.07, 6.45) is 5.73. The van der Waals surface area contributed by atoms with Gasteiger partial charge in [0.1, 0.15) is 4.90 Å². The molecule has 2 rings (SSSR count). The minimum absolute atomic E-state index is 0.0153. The minimum Gasteiger partial charge on any atom is -0.207 e. The molecule has 4 nitrogen and oxygen atoms in total. The number of hydrogen-bond donors (Lipinski definition) is 0. The van der Waals surface area contributed by atoms with Crippen LogP contribution >= 0.6 is 11.6 Å². The van der Waals surface area contributed by atoms with E-state index in [1.54, 1.807) is 7.05 Å². The summed E-state index contributed by atoms with van der Waals surface area (Å²) in [5.41, 5.74) is 0.295. The SMILES string of the molecule is CN(CC1CCCCC1)S(=O)(=O)c1cc(C#N)ccc1Cl. The molecular weight excluding hydrogens is 308 g/mol. The third-order valence-corrected chi connectivity index (χ3v) is 6.29. The van der Waals surface area contributed by atoms with Crippen LogP contribution in [-0.4, -0.2) is 26.3 Å². The number of rotatable bonds is 4. The van der Waals surface area contributed by atoms with E-state index < -0.39 is 10.0 Å². The lowest BCUT2D eigenvalue weighted by Crippen LogP contribution is -2.33. The van der Waals surface area contributed by atoms with E-state index in [0.29, 0.717) is 18.0 Å². The molecule has 1 aromatic rings. The second kappa shape index (κ2) is 6.78. The summed E-state index contributed by atoms with van der Waals surface area (Å²) in [5, 5.41) is 9.07. The highest BCUT2D eigenvalue weighted by Gasteiger charge is 2.27. The van der Waals surface area contributed by atoms with Gasteiger partial charge in [-0.3, -0.25) is 0 Å². The lowest BCUT2D eigenvalue weighted by Gasteiger charge is -2.26. The Hall–Kier alpha value is -1.09. The maximum absolute atomic E-state index is 12.6. The fourth-order valence-electron chi connectivity index (χ4n) is 2.77. The lowest BCUT2D eigenvalue weighted by atomic mass is 9.89. The molecule has 0 N–H and O–H groups in total. The van der Waals surface area contributed by atoms with Crippen LogP contribution in [0.5, 0.6) is 0 Å². The second-order valence-electron chi connectivity index (χ2n) is 5.55. The molecule has 0 aromatic heterocycles. The molecule has 1 aromatic carbocycles. The van der Waals surface area contributed by atoms with Gasteiger partial charge in [0, 0.05) is 13.6 Å². The lowest BCUT2D eigenvalue weighted by molar-refractivity contribution is 0.300. The van der Waals surface area contributed by atoms with Crippen LogP contribution in [0.25, 0.3) is 0 Å². The van der Waals surface area contributed by atoms with E-state index in [0.717, 1.165) is 12.8 Å². The first-order chi connectivity index (χ1) is 9.95. The number of halogens is 1. The second-order valence-corrected chi connectivity index (χ2v) is 7.97. The monoisotopic (exact) mass is 326 g/mol. The van der Waals surface area contributed by atoms with E-state index in [2.05, 4.69) is 0 Å². The summed E-state index contributed by atoms with van der Waals surface area (Å²) in [6, 6.07) is 6.26. The smallest absolute Gasteiger partial charge is 0.207 e. The van der Waals surface area contributed by atoms with Gasteiger partial charge in [0.25, 0.3) is 0 Å². The summed E-state index contributed by atoms with van der Waals surface area (Å²) < 4.78 is 26.6. The minimum atomic E-state index is -3.65. The molecule has 0 amide bonds. The van der Waals surface area contributed by atoms with Crippen LogP contribution in [0.15, 0.2) is 23.1 Å². The van der Waals surface area contributed by atoms with Gasteiger partial charge in [-0.2, -0.15) is 5.26 Å². The van der Waals surface area contributed by atoms with Gasteiger partial charge in [-0.25, -0.2) is 12.7 Å². The van der Waals surface area contributed by atoms with Crippen LogP contribution in [-0.2, 0) is 10.0 Å². The van der Waals surface area contributed by atoms with Crippen LogP contribution in [0.2, 0.25) is 5.02 Å². The maximum Gasteiger partial charge on any atom is 0.244 e. The Morgan fingerprint density at radius 2 is 2.00 bits per heavy atom. The van der Waals surface area contributed by atoms with Crippen molar-refractivity contribution in [2.45, 2.75) is 37.0 Å². The van der Waals surface area contributed by atoms with Crippen molar-refractivity contribution in [2.24, 2.45) is 5.92 Å². The molecule has 21 heavy (non-hydrogen) atoms. The van der Waals surface area contributed by atoms with E-state index in [9.17, 15) is 8.42 Å². The van der Waals surface area contributed by atoms with Gasteiger partial charge in [-0.1, -0.05) is 30.9 Å². The summed E-state index contributed by atoms with van der Waals surface area (Å²) in [5.74, 6) is 0.413. The topological polar surface area (TPSA) is 61.2 Å². The molecular formula is C15H19ClN2O2S. The van der Waals surface area contributed by atoms with Gasteiger partial charge in [0.05, 0.1) is 16.7 Å². The molecule has 0 spiro atoms. The van der Waals surface area contributed by atoms with Gasteiger partial charge in [-0.15, -0.1) is 0 Å². The zero-order chi connectivity index (χ0) is 15.5. The van der Waals surface area contributed by atoms with Crippen molar-refractivity contribution >= 4 is 21.6 Å². The van der Waals surface area contributed by atoms with E-state index in [1.807, 2.05) is 6.07 Å². The predicted octanol–water partition coefficient (Wildman–Crippen LogP) is 3.41. The molecule has 0 aliphatic heterocycles. The molecule has 0 radical (unpaired) electrons. The standard InChI is InChI=1S/C15H19ClN2O2S/c1-18(11-12-5-3-2-4-6-12)21(19,20)15-9-13(10-17)7-8-14(15)16/h7-9,12H,2-6,11H2,1H3. The Labute approximate surface area is 131 Å². The number of nitriles is 1. The Kier molecular flexibility index (Phi) is 5.26. The van der Waals surface area contributed by atoms with Crippen LogP contribution < -0.4 is 0 Å². The maximum atomic E-state index is 12.6. The molecule has 1 aliphatic carbocycles. The van der Waals surface area contributed by atoms with E-state index in [1.165, 1.54) is 41.8 Å². The molecule has 0 heterocycles. The van der Waals surface area contributed by atoms with Gasteiger partial charge in [0.2, 0.25) is 10.0 Å². The van der Waals surface area contributed by atoms with Crippen molar-refractivity contribution in [1.29, 1.82) is 5.26 Å². The average molecular weight is 327 g/mol. The molecule has 0 atom stereocenters. The van der Waals surface area contributed by atoms with Crippen molar-refractivity contribution < 1.29 is 8.42 Å². The van der Waals surface area contributed by atoms with Crippen LogP contribution in [0.4, 0.5) is 0 Å². The number of hydrogen-bond acceptors (Lipinski definition) is 3. The van der Waals surface area contributed by atoms with Crippen molar-refractivity contribution in [3.8, 4) is 6.07 Å². The molecule has 0 bridgehead atoms. The molecule has 0 saturated heterocycles. The number of benzene rings is 1. The van der Waals surface area contributed by atoms with Crippen LogP contribution in [0.1, 0.15) is 37.7 Å². The Morgan fingerprint density at radius 3 is 2.62 bits per heavy atom. The largest absolute Gasteiger partial charge is 0.244 e. The highest BCUT2D eigenvalue weighted by atomic mass is 35.5. The summed E-state index contributed by atoms with van der Waals surface area (Å²) in [7, 11) is -2.07. The fourth-order valence-corrected chi connectivity index (χ4v) is 4.51. The molecule has 1 fully saturated rings. The highest BCUT2D eigenvalue weighted by Crippen LogP contribution is 2.28. The summed E-state index contributed by atoms with van der Waals surface area (Å²) in [4.78, 5) is 0.0153. The Bertz CT molecular complexity index is 646. The van der Waals surface area contributed by atoms with Gasteiger partial charge in [-0.05, 0) is 37.0 Å². The highest BCUT2D eigenvalue weighted by molar-refractivity contribution is 7.89. The predicted molar refractivity (Wildman–Crippen MR) is 82.6 cm³/mol. The van der Waals surface area contributed by atoms with Gasteiger partial charge >= 0.3 is 0 Å². The first-order valence-electron chi connectivity index (χ1n) is 7.11. The van der Waals surface area contributed by atoms with Crippen molar-refractivity contribution in [2.75, 3.05) is 13.6 Å². The van der Waals surface area contributed by atoms with Crippen LogP contribution in [0.3, 0.4) is 0 Å². The normalized spacial score (nSPS) is 16.9. The first-order valence-corrected chi connectivity index (χ1v) is 8.93.